The van der Waals surface area contributed by atoms with Gasteiger partial charge < -0.3 is 39.7 Å². The predicted octanol–water partition coefficient (Wildman–Crippen LogP) is 2.89. The van der Waals surface area contributed by atoms with Gasteiger partial charge in [0.1, 0.15) is 12.2 Å². The molecule has 4 N–H and O–H groups in total. The van der Waals surface area contributed by atoms with Crippen LogP contribution in [0.3, 0.4) is 0 Å². The van der Waals surface area contributed by atoms with E-state index < -0.39 is 30.1 Å². The van der Waals surface area contributed by atoms with Gasteiger partial charge in [0, 0.05) is 50.3 Å². The van der Waals surface area contributed by atoms with Crippen molar-refractivity contribution in [3.8, 4) is 11.5 Å². The molecule has 2 amide bonds. The van der Waals surface area contributed by atoms with Crippen molar-refractivity contribution in [2.24, 2.45) is 0 Å². The van der Waals surface area contributed by atoms with Crippen LogP contribution in [0.5, 0.6) is 11.5 Å². The van der Waals surface area contributed by atoms with Crippen LogP contribution in [-0.2, 0) is 20.9 Å². The van der Waals surface area contributed by atoms with Gasteiger partial charge in [-0.25, -0.2) is 0 Å². The van der Waals surface area contributed by atoms with Crippen LogP contribution < -0.4 is 14.8 Å². The summed E-state index contributed by atoms with van der Waals surface area (Å²) in [6, 6.07) is 2.66. The first-order valence-electron chi connectivity index (χ1n) is 17.3. The molecular formula is C35H55N3O8. The molecule has 11 heteroatoms. The van der Waals surface area contributed by atoms with Crippen molar-refractivity contribution in [1.82, 2.24) is 15.1 Å². The van der Waals surface area contributed by atoms with Gasteiger partial charge in [-0.15, -0.1) is 0 Å². The van der Waals surface area contributed by atoms with Crippen molar-refractivity contribution in [3.63, 3.8) is 0 Å². The Labute approximate surface area is 273 Å². The first-order valence-corrected chi connectivity index (χ1v) is 17.3. The molecule has 4 rings (SSSR count). The van der Waals surface area contributed by atoms with Crippen LogP contribution in [0, 0.1) is 0 Å². The lowest BCUT2D eigenvalue weighted by molar-refractivity contribution is -0.137. The van der Waals surface area contributed by atoms with Crippen molar-refractivity contribution in [2.75, 3.05) is 59.7 Å². The van der Waals surface area contributed by atoms with Crippen molar-refractivity contribution in [2.45, 2.75) is 102 Å². The Balaban J connectivity index is 1.56. The minimum atomic E-state index is -1.12. The molecule has 4 atom stereocenters. The van der Waals surface area contributed by atoms with E-state index in [0.717, 1.165) is 32.4 Å². The maximum Gasteiger partial charge on any atom is 0.247 e. The number of aliphatic hydroxyl groups excluding tert-OH is 3. The summed E-state index contributed by atoms with van der Waals surface area (Å²) in [6.07, 6.45) is 10.4. The van der Waals surface area contributed by atoms with Crippen LogP contribution in [0.2, 0.25) is 0 Å². The summed E-state index contributed by atoms with van der Waals surface area (Å²) in [6.45, 7) is 5.67. The molecular weight excluding hydrogens is 590 g/mol. The third-order valence-corrected chi connectivity index (χ3v) is 9.43. The summed E-state index contributed by atoms with van der Waals surface area (Å²) in [5.41, 5.74) is 1.59. The van der Waals surface area contributed by atoms with Crippen molar-refractivity contribution in [3.05, 3.63) is 34.9 Å². The van der Waals surface area contributed by atoms with E-state index >= 15 is 0 Å². The Morgan fingerprint density at radius 3 is 2.39 bits per heavy atom. The van der Waals surface area contributed by atoms with E-state index in [2.05, 4.69) is 17.1 Å². The van der Waals surface area contributed by atoms with E-state index in [-0.39, 0.29) is 25.7 Å². The van der Waals surface area contributed by atoms with Crippen molar-refractivity contribution in [1.29, 1.82) is 0 Å². The highest BCUT2D eigenvalue weighted by Gasteiger charge is 2.51. The highest BCUT2D eigenvalue weighted by atomic mass is 16.5. The van der Waals surface area contributed by atoms with E-state index in [1.807, 2.05) is 0 Å². The molecule has 1 aliphatic carbocycles. The molecule has 0 radical (unpaired) electrons. The molecule has 1 aromatic carbocycles. The minimum Gasteiger partial charge on any atom is -0.493 e. The number of unbranched alkanes of at least 4 members (excludes halogenated alkanes) is 8. The summed E-state index contributed by atoms with van der Waals surface area (Å²) in [5.74, 6) is -0.281. The summed E-state index contributed by atoms with van der Waals surface area (Å²) in [4.78, 5) is 31.5. The number of rotatable bonds is 19. The SMILES string of the molecule is CCCCCCCCCCCC(=O)N(CCN1CCOCC1)C1C=C(C(=O)NCCO)C2c3cc(CO)cc(OC)c3OC2C1O. The van der Waals surface area contributed by atoms with Crippen molar-refractivity contribution >= 4 is 11.8 Å². The molecule has 258 valence electrons. The number of nitrogens with zero attached hydrogens (tertiary/aromatic N) is 2. The maximum absolute atomic E-state index is 13.9. The van der Waals surface area contributed by atoms with E-state index in [1.54, 1.807) is 23.1 Å². The van der Waals surface area contributed by atoms with E-state index in [0.29, 0.717) is 60.9 Å². The normalized spacial score (nSPS) is 22.4. The molecule has 3 aliphatic rings. The zero-order valence-electron chi connectivity index (χ0n) is 27.8. The number of morpholine rings is 1. The number of hydrogen-bond donors (Lipinski definition) is 4. The lowest BCUT2D eigenvalue weighted by atomic mass is 9.77. The molecule has 0 saturated carbocycles. The number of amides is 2. The van der Waals surface area contributed by atoms with Gasteiger partial charge >= 0.3 is 0 Å². The molecule has 11 nitrogen and oxygen atoms in total. The molecule has 1 saturated heterocycles. The second-order valence-corrected chi connectivity index (χ2v) is 12.6. The largest absolute Gasteiger partial charge is 0.493 e. The molecule has 0 spiro atoms. The summed E-state index contributed by atoms with van der Waals surface area (Å²) in [7, 11) is 1.50. The van der Waals surface area contributed by atoms with Crippen LogP contribution in [0.1, 0.15) is 88.2 Å². The second kappa shape index (κ2) is 18.6. The van der Waals surface area contributed by atoms with Gasteiger partial charge in [0.05, 0.1) is 45.5 Å². The zero-order chi connectivity index (χ0) is 32.9. The van der Waals surface area contributed by atoms with E-state index in [1.165, 1.54) is 45.6 Å². The van der Waals surface area contributed by atoms with Crippen LogP contribution >= 0.6 is 0 Å². The lowest BCUT2D eigenvalue weighted by Crippen LogP contribution is -2.57. The fourth-order valence-electron chi connectivity index (χ4n) is 6.86. The fraction of sp³-hybridized carbons (Fsp3) is 0.714. The van der Waals surface area contributed by atoms with Gasteiger partial charge in [0.2, 0.25) is 11.8 Å². The van der Waals surface area contributed by atoms with Crippen LogP contribution in [0.4, 0.5) is 0 Å². The Kier molecular flexibility index (Phi) is 14.6. The topological polar surface area (TPSA) is 141 Å². The highest BCUT2D eigenvalue weighted by Crippen LogP contribution is 2.51. The number of carbonyl (C=O) groups excluding carboxylic acids is 2. The smallest absolute Gasteiger partial charge is 0.247 e. The minimum absolute atomic E-state index is 0.0549. The van der Waals surface area contributed by atoms with Crippen LogP contribution in [0.25, 0.3) is 0 Å². The van der Waals surface area contributed by atoms with Gasteiger partial charge in [-0.05, 0) is 30.2 Å². The van der Waals surface area contributed by atoms with Crippen molar-refractivity contribution < 1.29 is 39.1 Å². The summed E-state index contributed by atoms with van der Waals surface area (Å²) < 4.78 is 17.4. The Bertz CT molecular complexity index is 1150. The van der Waals surface area contributed by atoms with Crippen LogP contribution in [0.15, 0.2) is 23.8 Å². The number of ether oxygens (including phenoxy) is 3. The maximum atomic E-state index is 13.9. The van der Waals surface area contributed by atoms with Gasteiger partial charge in [-0.3, -0.25) is 14.5 Å². The predicted molar refractivity (Wildman–Crippen MR) is 175 cm³/mol. The van der Waals surface area contributed by atoms with Crippen LogP contribution in [-0.4, -0.2) is 115 Å². The fourth-order valence-corrected chi connectivity index (χ4v) is 6.86. The molecule has 1 aromatic rings. The average molecular weight is 646 g/mol. The molecule has 46 heavy (non-hydrogen) atoms. The molecule has 1 fully saturated rings. The molecule has 2 aliphatic heterocycles. The number of methoxy groups -OCH3 is 1. The monoisotopic (exact) mass is 645 g/mol. The lowest BCUT2D eigenvalue weighted by Gasteiger charge is -2.41. The van der Waals surface area contributed by atoms with Gasteiger partial charge in [0.25, 0.3) is 0 Å². The first kappa shape index (κ1) is 36.1. The first-order chi connectivity index (χ1) is 22.4. The highest BCUT2D eigenvalue weighted by molar-refractivity contribution is 5.96. The number of hydrogen-bond acceptors (Lipinski definition) is 9. The zero-order valence-corrected chi connectivity index (χ0v) is 27.8. The molecule has 0 aromatic heterocycles. The number of benzene rings is 1. The molecule has 2 heterocycles. The third kappa shape index (κ3) is 9.22. The van der Waals surface area contributed by atoms with Gasteiger partial charge in [0.15, 0.2) is 11.5 Å². The standard InChI is InChI=1S/C35H55N3O8/c1-3-4-5-6-7-8-9-10-11-12-30(41)38(15-14-37-16-19-45-20-17-37)28-23-27(35(43)36-13-18-39)31-26-21-25(24-40)22-29(44-2)33(26)46-34(31)32(28)42/h21-23,28,31-32,34,39-40,42H,3-20,24H2,1-2H3,(H,36,43). The second-order valence-electron chi connectivity index (χ2n) is 12.6. The van der Waals surface area contributed by atoms with E-state index in [4.69, 9.17) is 14.2 Å². The number of nitrogens with one attached hydrogen (secondary N) is 1. The Morgan fingerprint density at radius 1 is 1.04 bits per heavy atom. The number of aliphatic hydroxyl groups is 3. The average Bonchev–Trinajstić information content (AvgIpc) is 3.47. The Hall–Kier alpha value is -2.70. The third-order valence-electron chi connectivity index (χ3n) is 9.43. The van der Waals surface area contributed by atoms with Gasteiger partial charge in [-0.1, -0.05) is 58.3 Å². The van der Waals surface area contributed by atoms with E-state index in [9.17, 15) is 24.9 Å². The molecule has 0 bridgehead atoms. The molecule has 4 unspecified atom stereocenters. The Morgan fingerprint density at radius 2 is 1.74 bits per heavy atom. The number of fused-ring (bicyclic) bond motifs is 3. The number of carbonyl (C=O) groups is 2. The summed E-state index contributed by atoms with van der Waals surface area (Å²) in [5, 5.41) is 34.0. The quantitative estimate of drug-likeness (QED) is 0.167. The summed E-state index contributed by atoms with van der Waals surface area (Å²) >= 11 is 0. The van der Waals surface area contributed by atoms with Gasteiger partial charge in [-0.2, -0.15) is 0 Å².